The normalized spacial score (nSPS) is 18.7. The van der Waals surface area contributed by atoms with Crippen LogP contribution < -0.4 is 5.32 Å². The van der Waals surface area contributed by atoms with Gasteiger partial charge in [0.1, 0.15) is 0 Å². The molecule has 4 rings (SSSR count). The maximum absolute atomic E-state index is 12.9. The molecule has 2 amide bonds. The fraction of sp³-hybridized carbons (Fsp3) is 0.348. The molecule has 150 valence electrons. The summed E-state index contributed by atoms with van der Waals surface area (Å²) < 4.78 is 0. The fourth-order valence-corrected chi connectivity index (χ4v) is 4.04. The standard InChI is InChI=1S/C23H26N4O2/c1-3-22(28)26-18-6-7-19(13-18)27(2)23(29)17-5-9-21(25-14-17)15-4-8-20-16(12-15)10-11-24-20/h4-5,8-12,14,18-19,24H,3,6-7,13H2,1-2H3,(H,26,28)/t18-,19+/m0/s1. The Morgan fingerprint density at radius 2 is 2.07 bits per heavy atom. The van der Waals surface area contributed by atoms with Gasteiger partial charge in [-0.1, -0.05) is 13.0 Å². The van der Waals surface area contributed by atoms with Crippen LogP contribution in [0, 0.1) is 0 Å². The van der Waals surface area contributed by atoms with Gasteiger partial charge >= 0.3 is 0 Å². The summed E-state index contributed by atoms with van der Waals surface area (Å²) in [6, 6.07) is 12.2. The number of rotatable bonds is 5. The lowest BCUT2D eigenvalue weighted by atomic mass is 10.1. The SMILES string of the molecule is CCC(=O)N[C@H]1CC[C@@H](N(C)C(=O)c2ccc(-c3ccc4[nH]ccc4c3)nc2)C1. The Morgan fingerprint density at radius 3 is 2.83 bits per heavy atom. The molecule has 3 aromatic rings. The first-order valence-corrected chi connectivity index (χ1v) is 10.1. The minimum absolute atomic E-state index is 0.0300. The molecule has 0 spiro atoms. The predicted molar refractivity (Wildman–Crippen MR) is 113 cm³/mol. The molecule has 2 N–H and O–H groups in total. The van der Waals surface area contributed by atoms with Crippen LogP contribution in [-0.2, 0) is 4.79 Å². The molecule has 29 heavy (non-hydrogen) atoms. The third-order valence-electron chi connectivity index (χ3n) is 5.82. The highest BCUT2D eigenvalue weighted by Crippen LogP contribution is 2.26. The van der Waals surface area contributed by atoms with Crippen LogP contribution in [0.4, 0.5) is 0 Å². The zero-order valence-corrected chi connectivity index (χ0v) is 16.8. The molecule has 2 aromatic heterocycles. The molecule has 0 bridgehead atoms. The Bertz CT molecular complexity index is 1020. The lowest BCUT2D eigenvalue weighted by molar-refractivity contribution is -0.121. The number of nitrogens with zero attached hydrogens (tertiary/aromatic N) is 2. The third kappa shape index (κ3) is 4.01. The lowest BCUT2D eigenvalue weighted by Crippen LogP contribution is -2.38. The van der Waals surface area contributed by atoms with Crippen molar-refractivity contribution in [3.05, 3.63) is 54.4 Å². The molecule has 1 fully saturated rings. The molecule has 1 saturated carbocycles. The number of pyridine rings is 1. The summed E-state index contributed by atoms with van der Waals surface area (Å²) in [5.41, 5.74) is 3.54. The first-order valence-electron chi connectivity index (χ1n) is 10.1. The number of hydrogen-bond acceptors (Lipinski definition) is 3. The largest absolute Gasteiger partial charge is 0.361 e. The highest BCUT2D eigenvalue weighted by molar-refractivity contribution is 5.94. The number of aromatic nitrogens is 2. The van der Waals surface area contributed by atoms with Crippen molar-refractivity contribution in [3.8, 4) is 11.3 Å². The third-order valence-corrected chi connectivity index (χ3v) is 5.82. The van der Waals surface area contributed by atoms with Crippen molar-refractivity contribution in [2.75, 3.05) is 7.05 Å². The first-order chi connectivity index (χ1) is 14.0. The number of amides is 2. The second-order valence-corrected chi connectivity index (χ2v) is 7.71. The lowest BCUT2D eigenvalue weighted by Gasteiger charge is -2.25. The van der Waals surface area contributed by atoms with Gasteiger partial charge in [0.05, 0.1) is 11.3 Å². The molecule has 0 radical (unpaired) electrons. The van der Waals surface area contributed by atoms with E-state index in [9.17, 15) is 9.59 Å². The van der Waals surface area contributed by atoms with Crippen LogP contribution in [0.3, 0.4) is 0 Å². The van der Waals surface area contributed by atoms with Gasteiger partial charge in [-0.15, -0.1) is 0 Å². The quantitative estimate of drug-likeness (QED) is 0.696. The Hall–Kier alpha value is -3.15. The van der Waals surface area contributed by atoms with Crippen molar-refractivity contribution in [3.63, 3.8) is 0 Å². The van der Waals surface area contributed by atoms with E-state index in [4.69, 9.17) is 0 Å². The second-order valence-electron chi connectivity index (χ2n) is 7.71. The summed E-state index contributed by atoms with van der Waals surface area (Å²) in [4.78, 5) is 34.0. The smallest absolute Gasteiger partial charge is 0.255 e. The molecule has 6 nitrogen and oxygen atoms in total. The molecule has 1 aliphatic rings. The van der Waals surface area contributed by atoms with E-state index in [-0.39, 0.29) is 23.9 Å². The second kappa shape index (κ2) is 8.07. The minimum atomic E-state index is -0.0300. The first kappa shape index (κ1) is 19.2. The van der Waals surface area contributed by atoms with Crippen LogP contribution in [0.2, 0.25) is 0 Å². The number of carbonyl (C=O) groups is 2. The van der Waals surface area contributed by atoms with Crippen molar-refractivity contribution in [2.45, 2.75) is 44.7 Å². The van der Waals surface area contributed by atoms with Gasteiger partial charge in [-0.05, 0) is 49.6 Å². The number of carbonyl (C=O) groups excluding carboxylic acids is 2. The predicted octanol–water partition coefficient (Wildman–Crippen LogP) is 3.75. The molecular weight excluding hydrogens is 364 g/mol. The van der Waals surface area contributed by atoms with Gasteiger partial charge in [-0.2, -0.15) is 0 Å². The van der Waals surface area contributed by atoms with Gasteiger partial charge in [0.2, 0.25) is 5.91 Å². The average molecular weight is 390 g/mol. The number of hydrogen-bond donors (Lipinski definition) is 2. The number of H-pyrrole nitrogens is 1. The van der Waals surface area contributed by atoms with Crippen LogP contribution >= 0.6 is 0 Å². The van der Waals surface area contributed by atoms with Gasteiger partial charge < -0.3 is 15.2 Å². The van der Waals surface area contributed by atoms with Crippen LogP contribution in [0.25, 0.3) is 22.2 Å². The molecule has 0 unspecified atom stereocenters. The topological polar surface area (TPSA) is 78.1 Å². The molecule has 0 saturated heterocycles. The Morgan fingerprint density at radius 1 is 1.21 bits per heavy atom. The number of benzene rings is 1. The highest BCUT2D eigenvalue weighted by Gasteiger charge is 2.31. The van der Waals surface area contributed by atoms with E-state index in [0.717, 1.165) is 41.4 Å². The zero-order chi connectivity index (χ0) is 20.4. The van der Waals surface area contributed by atoms with E-state index in [2.05, 4.69) is 21.4 Å². The Balaban J connectivity index is 1.43. The summed E-state index contributed by atoms with van der Waals surface area (Å²) >= 11 is 0. The van der Waals surface area contributed by atoms with Crippen molar-refractivity contribution < 1.29 is 9.59 Å². The minimum Gasteiger partial charge on any atom is -0.361 e. The van der Waals surface area contributed by atoms with Gasteiger partial charge in [-0.25, -0.2) is 0 Å². The summed E-state index contributed by atoms with van der Waals surface area (Å²) in [6.45, 7) is 1.85. The molecular formula is C23H26N4O2. The molecule has 1 aliphatic carbocycles. The molecule has 2 heterocycles. The van der Waals surface area contributed by atoms with Crippen LogP contribution in [0.5, 0.6) is 0 Å². The maximum Gasteiger partial charge on any atom is 0.255 e. The van der Waals surface area contributed by atoms with E-state index in [0.29, 0.717) is 12.0 Å². The van der Waals surface area contributed by atoms with Crippen LogP contribution in [0.15, 0.2) is 48.8 Å². The number of fused-ring (bicyclic) bond motifs is 1. The van der Waals surface area contributed by atoms with E-state index >= 15 is 0 Å². The Kier molecular flexibility index (Phi) is 5.34. The number of nitrogens with one attached hydrogen (secondary N) is 2. The summed E-state index contributed by atoms with van der Waals surface area (Å²) in [7, 11) is 1.84. The molecule has 6 heteroatoms. The summed E-state index contributed by atoms with van der Waals surface area (Å²) in [6.07, 6.45) is 6.68. The van der Waals surface area contributed by atoms with Gasteiger partial charge in [-0.3, -0.25) is 14.6 Å². The maximum atomic E-state index is 12.9. The van der Waals surface area contributed by atoms with E-state index in [1.165, 1.54) is 0 Å². The van der Waals surface area contributed by atoms with Crippen molar-refractivity contribution in [1.29, 1.82) is 0 Å². The number of aromatic amines is 1. The molecule has 1 aromatic carbocycles. The van der Waals surface area contributed by atoms with Crippen LogP contribution in [-0.4, -0.2) is 45.8 Å². The van der Waals surface area contributed by atoms with E-state index < -0.39 is 0 Å². The van der Waals surface area contributed by atoms with Crippen molar-refractivity contribution >= 4 is 22.7 Å². The molecule has 0 aliphatic heterocycles. The van der Waals surface area contributed by atoms with E-state index in [1.807, 2.05) is 50.5 Å². The highest BCUT2D eigenvalue weighted by atomic mass is 16.2. The summed E-state index contributed by atoms with van der Waals surface area (Å²) in [5, 5.41) is 4.17. The van der Waals surface area contributed by atoms with Crippen LogP contribution in [0.1, 0.15) is 43.0 Å². The molecule has 2 atom stereocenters. The van der Waals surface area contributed by atoms with Crippen molar-refractivity contribution in [2.24, 2.45) is 0 Å². The van der Waals surface area contributed by atoms with Crippen molar-refractivity contribution in [1.82, 2.24) is 20.2 Å². The summed E-state index contributed by atoms with van der Waals surface area (Å²) in [5.74, 6) is 0.0415. The average Bonchev–Trinajstić information content (AvgIpc) is 3.41. The zero-order valence-electron chi connectivity index (χ0n) is 16.8. The van der Waals surface area contributed by atoms with Gasteiger partial charge in [0.15, 0.2) is 0 Å². The Labute approximate surface area is 170 Å². The van der Waals surface area contributed by atoms with Gasteiger partial charge in [0.25, 0.3) is 5.91 Å². The fourth-order valence-electron chi connectivity index (χ4n) is 4.04. The monoisotopic (exact) mass is 390 g/mol. The van der Waals surface area contributed by atoms with Gasteiger partial charge in [0, 0.05) is 54.4 Å². The van der Waals surface area contributed by atoms with E-state index in [1.54, 1.807) is 11.1 Å².